The highest BCUT2D eigenvalue weighted by Gasteiger charge is 2.03. The molecule has 0 aliphatic carbocycles. The normalized spacial score (nSPS) is 11.5. The molecule has 0 saturated heterocycles. The maximum atomic E-state index is 2.24. The van der Waals surface area contributed by atoms with Crippen molar-refractivity contribution >= 4 is 14.0 Å². The summed E-state index contributed by atoms with van der Waals surface area (Å²) in [6, 6.07) is 19.4. The summed E-state index contributed by atoms with van der Waals surface area (Å²) in [4.78, 5) is 0. The van der Waals surface area contributed by atoms with E-state index < -0.39 is 0 Å². The summed E-state index contributed by atoms with van der Waals surface area (Å²) in [6.45, 7) is 0. The van der Waals surface area contributed by atoms with Crippen molar-refractivity contribution < 1.29 is 0 Å². The van der Waals surface area contributed by atoms with Crippen LogP contribution in [-0.4, -0.2) is 18.8 Å². The lowest BCUT2D eigenvalue weighted by atomic mass is 10.1. The van der Waals surface area contributed by atoms with Crippen molar-refractivity contribution in [3.8, 4) is 0 Å². The number of benzene rings is 2. The highest BCUT2D eigenvalue weighted by molar-refractivity contribution is 7.44. The summed E-state index contributed by atoms with van der Waals surface area (Å²) in [7, 11) is 4.99. The molecule has 0 N–H and O–H groups in total. The highest BCUT2D eigenvalue weighted by Crippen LogP contribution is 2.17. The van der Waals surface area contributed by atoms with Crippen molar-refractivity contribution in [1.29, 1.82) is 0 Å². The van der Waals surface area contributed by atoms with Crippen molar-refractivity contribution in [3.05, 3.63) is 65.7 Å². The Morgan fingerprint density at radius 3 is 2.24 bits per heavy atom. The molecule has 0 heterocycles. The predicted molar refractivity (Wildman–Crippen MR) is 77.3 cm³/mol. The van der Waals surface area contributed by atoms with Crippen LogP contribution in [0.3, 0.4) is 0 Å². The first kappa shape index (κ1) is 12.3. The van der Waals surface area contributed by atoms with Crippen LogP contribution in [-0.2, 0) is 6.42 Å². The standard InChI is InChI=1S/C15H18NP/c1-16(2)17-15-11-7-6-10-14(15)12-13-8-4-3-5-9-13/h3-11,17H,12H2,1-2H3. The van der Waals surface area contributed by atoms with Crippen molar-refractivity contribution in [2.24, 2.45) is 0 Å². The van der Waals surface area contributed by atoms with E-state index in [0.29, 0.717) is 0 Å². The Kier molecular flexibility index (Phi) is 4.30. The molecule has 0 spiro atoms. The molecule has 17 heavy (non-hydrogen) atoms. The molecule has 0 fully saturated rings. The average Bonchev–Trinajstić information content (AvgIpc) is 2.32. The topological polar surface area (TPSA) is 3.24 Å². The van der Waals surface area contributed by atoms with Gasteiger partial charge >= 0.3 is 0 Å². The minimum atomic E-state index is 0.745. The van der Waals surface area contributed by atoms with Crippen molar-refractivity contribution in [3.63, 3.8) is 0 Å². The fourth-order valence-electron chi connectivity index (χ4n) is 1.84. The fraction of sp³-hybridized carbons (Fsp3) is 0.200. The lowest BCUT2D eigenvalue weighted by Gasteiger charge is -2.14. The van der Waals surface area contributed by atoms with Gasteiger partial charge in [-0.05, 0) is 45.7 Å². The van der Waals surface area contributed by atoms with E-state index in [1.165, 1.54) is 16.4 Å². The van der Waals surface area contributed by atoms with E-state index in [2.05, 4.69) is 73.4 Å². The Bertz CT molecular complexity index is 465. The molecule has 1 atom stereocenters. The quantitative estimate of drug-likeness (QED) is 0.746. The maximum absolute atomic E-state index is 2.24. The van der Waals surface area contributed by atoms with Crippen molar-refractivity contribution in [2.75, 3.05) is 14.1 Å². The van der Waals surface area contributed by atoms with Crippen LogP contribution in [0.15, 0.2) is 54.6 Å². The van der Waals surface area contributed by atoms with Crippen molar-refractivity contribution in [1.82, 2.24) is 4.67 Å². The van der Waals surface area contributed by atoms with E-state index in [-0.39, 0.29) is 0 Å². The van der Waals surface area contributed by atoms with Crippen LogP contribution in [0.5, 0.6) is 0 Å². The van der Waals surface area contributed by atoms with Crippen LogP contribution in [0.4, 0.5) is 0 Å². The molecule has 2 aromatic rings. The molecule has 0 radical (unpaired) electrons. The first-order valence-corrected chi connectivity index (χ1v) is 6.76. The van der Waals surface area contributed by atoms with Gasteiger partial charge in [0.25, 0.3) is 0 Å². The molecule has 0 amide bonds. The first-order valence-electron chi connectivity index (χ1n) is 5.81. The maximum Gasteiger partial charge on any atom is -0.00191 e. The van der Waals surface area contributed by atoms with Crippen LogP contribution in [0, 0.1) is 0 Å². The Morgan fingerprint density at radius 1 is 0.882 bits per heavy atom. The molecule has 1 unspecified atom stereocenters. The lowest BCUT2D eigenvalue weighted by molar-refractivity contribution is 0.696. The van der Waals surface area contributed by atoms with Gasteiger partial charge in [-0.1, -0.05) is 54.6 Å². The Hall–Kier alpha value is -1.17. The van der Waals surface area contributed by atoms with Gasteiger partial charge in [0.05, 0.1) is 0 Å². The molecule has 2 rings (SSSR count). The molecule has 0 bridgehead atoms. The van der Waals surface area contributed by atoms with Crippen molar-refractivity contribution in [2.45, 2.75) is 6.42 Å². The van der Waals surface area contributed by atoms with E-state index in [1.807, 2.05) is 0 Å². The predicted octanol–water partition coefficient (Wildman–Crippen LogP) is 3.06. The lowest BCUT2D eigenvalue weighted by Crippen LogP contribution is -2.11. The van der Waals surface area contributed by atoms with E-state index in [9.17, 15) is 0 Å². The Labute approximate surface area is 105 Å². The molecule has 1 nitrogen and oxygen atoms in total. The van der Waals surface area contributed by atoms with Gasteiger partial charge in [-0.3, -0.25) is 4.67 Å². The smallest absolute Gasteiger partial charge is 0.00191 e. The number of hydrogen-bond acceptors (Lipinski definition) is 1. The van der Waals surface area contributed by atoms with Gasteiger partial charge in [0.15, 0.2) is 0 Å². The zero-order chi connectivity index (χ0) is 12.1. The molecule has 0 aliphatic rings. The van der Waals surface area contributed by atoms with Crippen LogP contribution in [0.2, 0.25) is 0 Å². The van der Waals surface area contributed by atoms with E-state index in [0.717, 1.165) is 15.2 Å². The third-order valence-corrected chi connectivity index (χ3v) is 3.77. The summed E-state index contributed by atoms with van der Waals surface area (Å²) in [5, 5.41) is 1.45. The second-order valence-electron chi connectivity index (χ2n) is 4.33. The molecule has 0 aliphatic heterocycles. The Morgan fingerprint density at radius 2 is 1.53 bits per heavy atom. The molecule has 88 valence electrons. The number of nitrogens with zero attached hydrogens (tertiary/aromatic N) is 1. The third-order valence-electron chi connectivity index (χ3n) is 2.60. The SMILES string of the molecule is CN(C)Pc1ccccc1Cc1ccccc1. The van der Waals surface area contributed by atoms with Gasteiger partial charge in [-0.15, -0.1) is 0 Å². The minimum Gasteiger partial charge on any atom is -0.287 e. The van der Waals surface area contributed by atoms with Crippen LogP contribution in [0.1, 0.15) is 11.1 Å². The van der Waals surface area contributed by atoms with Gasteiger partial charge in [-0.2, -0.15) is 0 Å². The van der Waals surface area contributed by atoms with Gasteiger partial charge in [0.2, 0.25) is 0 Å². The first-order chi connectivity index (χ1) is 8.25. The summed E-state index contributed by atoms with van der Waals surface area (Å²) >= 11 is 0. The Balaban J connectivity index is 2.20. The second kappa shape index (κ2) is 5.95. The number of hydrogen-bond donors (Lipinski definition) is 0. The summed E-state index contributed by atoms with van der Waals surface area (Å²) in [5.74, 6) is 0. The van der Waals surface area contributed by atoms with Crippen LogP contribution in [0.25, 0.3) is 0 Å². The van der Waals surface area contributed by atoms with Gasteiger partial charge in [0.1, 0.15) is 0 Å². The van der Waals surface area contributed by atoms with Crippen LogP contribution >= 0.6 is 8.73 Å². The molecule has 0 aromatic heterocycles. The van der Waals surface area contributed by atoms with Crippen LogP contribution < -0.4 is 5.30 Å². The summed E-state index contributed by atoms with van der Waals surface area (Å²) < 4.78 is 2.24. The highest BCUT2D eigenvalue weighted by atomic mass is 31.1. The monoisotopic (exact) mass is 243 g/mol. The van der Waals surface area contributed by atoms with Gasteiger partial charge in [-0.25, -0.2) is 0 Å². The second-order valence-corrected chi connectivity index (χ2v) is 5.98. The van der Waals surface area contributed by atoms with Gasteiger partial charge < -0.3 is 0 Å². The summed E-state index contributed by atoms with van der Waals surface area (Å²) in [6.07, 6.45) is 1.03. The fourth-order valence-corrected chi connectivity index (χ4v) is 2.81. The average molecular weight is 243 g/mol. The molecular formula is C15H18NP. The van der Waals surface area contributed by atoms with Gasteiger partial charge in [0, 0.05) is 0 Å². The molecule has 2 aromatic carbocycles. The summed E-state index contributed by atoms with van der Waals surface area (Å²) in [5.41, 5.74) is 2.81. The zero-order valence-electron chi connectivity index (χ0n) is 10.4. The molecular weight excluding hydrogens is 225 g/mol. The van der Waals surface area contributed by atoms with E-state index in [1.54, 1.807) is 0 Å². The van der Waals surface area contributed by atoms with E-state index in [4.69, 9.17) is 0 Å². The largest absolute Gasteiger partial charge is 0.287 e. The zero-order valence-corrected chi connectivity index (χ0v) is 11.4. The third kappa shape index (κ3) is 3.66. The van der Waals surface area contributed by atoms with E-state index >= 15 is 0 Å². The molecule has 2 heteroatoms. The molecule has 0 saturated carbocycles. The minimum absolute atomic E-state index is 0.745. The number of rotatable bonds is 4.